The third kappa shape index (κ3) is 3.01. The predicted octanol–water partition coefficient (Wildman–Crippen LogP) is 3.18. The molecule has 2 unspecified atom stereocenters. The van der Waals surface area contributed by atoms with Crippen LogP contribution < -0.4 is 0 Å². The zero-order chi connectivity index (χ0) is 15.6. The molecule has 1 aromatic heterocycles. The van der Waals surface area contributed by atoms with E-state index >= 15 is 0 Å². The maximum atomic E-state index is 11.8. The number of thiazole rings is 1. The molecule has 21 heavy (non-hydrogen) atoms. The number of carbonyl (C=O) groups is 2. The molecule has 2 atom stereocenters. The molecule has 0 N–H and O–H groups in total. The fourth-order valence-corrected chi connectivity index (χ4v) is 4.11. The minimum absolute atomic E-state index is 0.111. The molecule has 0 aliphatic heterocycles. The van der Waals surface area contributed by atoms with Crippen LogP contribution >= 0.6 is 11.3 Å². The molecule has 6 heteroatoms. The van der Waals surface area contributed by atoms with Crippen LogP contribution in [-0.2, 0) is 15.1 Å². The molecule has 5 nitrogen and oxygen atoms in total. The minimum Gasteiger partial charge on any atom is -0.464 e. The number of methoxy groups -OCH3 is 2. The van der Waals surface area contributed by atoms with Gasteiger partial charge in [0.25, 0.3) is 0 Å². The van der Waals surface area contributed by atoms with Gasteiger partial charge in [0.1, 0.15) is 15.5 Å². The van der Waals surface area contributed by atoms with Crippen molar-refractivity contribution in [1.29, 1.82) is 0 Å². The number of hydrogen-bond donors (Lipinski definition) is 0. The van der Waals surface area contributed by atoms with Gasteiger partial charge in [-0.15, -0.1) is 11.3 Å². The monoisotopic (exact) mass is 311 g/mol. The lowest BCUT2D eigenvalue weighted by Crippen LogP contribution is -2.34. The first kappa shape index (κ1) is 16.1. The number of rotatable bonds is 4. The summed E-state index contributed by atoms with van der Waals surface area (Å²) in [6.07, 6.45) is 3.94. The highest BCUT2D eigenvalue weighted by molar-refractivity contribution is 7.14. The van der Waals surface area contributed by atoms with E-state index in [0.717, 1.165) is 19.3 Å². The molecule has 1 saturated carbocycles. The summed E-state index contributed by atoms with van der Waals surface area (Å²) in [5.74, 6) is -0.211. The zero-order valence-corrected chi connectivity index (χ0v) is 13.7. The van der Waals surface area contributed by atoms with E-state index in [1.54, 1.807) is 7.11 Å². The van der Waals surface area contributed by atoms with Crippen LogP contribution in [-0.4, -0.2) is 31.0 Å². The highest BCUT2D eigenvalue weighted by Gasteiger charge is 2.41. The average Bonchev–Trinajstić information content (AvgIpc) is 2.92. The van der Waals surface area contributed by atoms with E-state index in [9.17, 15) is 9.59 Å². The molecule has 2 rings (SSSR count). The van der Waals surface area contributed by atoms with Crippen molar-refractivity contribution in [2.75, 3.05) is 14.2 Å². The number of Topliss-reactive ketones (excluding diaryl/α,β-unsaturated/α-hetero) is 1. The van der Waals surface area contributed by atoms with Crippen molar-refractivity contribution in [3.63, 3.8) is 0 Å². The second-order valence-electron chi connectivity index (χ2n) is 5.64. The Balaban J connectivity index is 2.47. The van der Waals surface area contributed by atoms with E-state index in [4.69, 9.17) is 9.47 Å². The van der Waals surface area contributed by atoms with E-state index in [-0.39, 0.29) is 11.5 Å². The van der Waals surface area contributed by atoms with Crippen molar-refractivity contribution in [2.45, 2.75) is 45.1 Å². The molecule has 1 heterocycles. The Morgan fingerprint density at radius 1 is 1.38 bits per heavy atom. The Labute approximate surface area is 128 Å². The van der Waals surface area contributed by atoms with Gasteiger partial charge < -0.3 is 9.47 Å². The molecule has 116 valence electrons. The van der Waals surface area contributed by atoms with Gasteiger partial charge in [-0.05, 0) is 25.2 Å². The van der Waals surface area contributed by atoms with Gasteiger partial charge in [-0.2, -0.15) is 0 Å². The molecule has 1 aliphatic carbocycles. The van der Waals surface area contributed by atoms with Gasteiger partial charge in [0.15, 0.2) is 11.5 Å². The highest BCUT2D eigenvalue weighted by atomic mass is 32.1. The van der Waals surface area contributed by atoms with Gasteiger partial charge in [-0.25, -0.2) is 9.78 Å². The topological polar surface area (TPSA) is 65.5 Å². The number of carbonyl (C=O) groups excluding carboxylic acids is 2. The van der Waals surface area contributed by atoms with Gasteiger partial charge in [-0.1, -0.05) is 13.3 Å². The summed E-state index contributed by atoms with van der Waals surface area (Å²) < 4.78 is 10.5. The molecule has 0 aromatic carbocycles. The van der Waals surface area contributed by atoms with Gasteiger partial charge in [-0.3, -0.25) is 4.79 Å². The van der Waals surface area contributed by atoms with Crippen LogP contribution in [0.25, 0.3) is 0 Å². The Morgan fingerprint density at radius 3 is 2.62 bits per heavy atom. The Kier molecular flexibility index (Phi) is 4.78. The molecular weight excluding hydrogens is 290 g/mol. The summed E-state index contributed by atoms with van der Waals surface area (Å²) in [5, 5.41) is 0.710. The third-order valence-corrected chi connectivity index (χ3v) is 5.40. The van der Waals surface area contributed by atoms with E-state index in [0.29, 0.717) is 15.8 Å². The van der Waals surface area contributed by atoms with Crippen LogP contribution in [0.3, 0.4) is 0 Å². The van der Waals surface area contributed by atoms with Gasteiger partial charge in [0.2, 0.25) is 0 Å². The first-order valence-electron chi connectivity index (χ1n) is 7.09. The van der Waals surface area contributed by atoms with Crippen LogP contribution in [0.5, 0.6) is 0 Å². The van der Waals surface area contributed by atoms with Gasteiger partial charge in [0.05, 0.1) is 7.11 Å². The molecule has 0 spiro atoms. The van der Waals surface area contributed by atoms with Crippen LogP contribution in [0.2, 0.25) is 0 Å². The largest absolute Gasteiger partial charge is 0.464 e. The SMILES string of the molecule is COC(=O)c1nc(C2(OC)CCCC(C)C2)sc1C(C)=O. The van der Waals surface area contributed by atoms with Gasteiger partial charge >= 0.3 is 5.97 Å². The van der Waals surface area contributed by atoms with E-state index in [1.165, 1.54) is 31.8 Å². The summed E-state index contributed by atoms with van der Waals surface area (Å²) in [4.78, 5) is 28.3. The van der Waals surface area contributed by atoms with Crippen molar-refractivity contribution in [2.24, 2.45) is 5.92 Å². The fourth-order valence-electron chi connectivity index (χ4n) is 2.96. The minimum atomic E-state index is -0.571. The smallest absolute Gasteiger partial charge is 0.358 e. The third-order valence-electron chi connectivity index (χ3n) is 4.06. The van der Waals surface area contributed by atoms with Crippen LogP contribution in [0.4, 0.5) is 0 Å². The normalized spacial score (nSPS) is 25.6. The first-order chi connectivity index (χ1) is 9.93. The number of nitrogens with zero attached hydrogens (tertiary/aromatic N) is 1. The maximum Gasteiger partial charge on any atom is 0.358 e. The molecule has 1 fully saturated rings. The average molecular weight is 311 g/mol. The number of esters is 1. The Bertz CT molecular complexity index is 554. The lowest BCUT2D eigenvalue weighted by atomic mass is 9.79. The van der Waals surface area contributed by atoms with Crippen LogP contribution in [0.15, 0.2) is 0 Å². The molecule has 1 aliphatic rings. The molecule has 0 amide bonds. The lowest BCUT2D eigenvalue weighted by Gasteiger charge is -2.37. The molecule has 0 bridgehead atoms. The maximum absolute atomic E-state index is 11.8. The predicted molar refractivity (Wildman–Crippen MR) is 79.8 cm³/mol. The Hall–Kier alpha value is -1.27. The van der Waals surface area contributed by atoms with Crippen molar-refractivity contribution < 1.29 is 19.1 Å². The number of ether oxygens (including phenoxy) is 2. The zero-order valence-electron chi connectivity index (χ0n) is 12.9. The second-order valence-corrected chi connectivity index (χ2v) is 6.64. The second kappa shape index (κ2) is 6.23. The van der Waals surface area contributed by atoms with Crippen LogP contribution in [0, 0.1) is 5.92 Å². The van der Waals surface area contributed by atoms with Crippen molar-refractivity contribution in [3.8, 4) is 0 Å². The lowest BCUT2D eigenvalue weighted by molar-refractivity contribution is -0.0581. The number of aromatic nitrogens is 1. The summed E-state index contributed by atoms with van der Waals surface area (Å²) in [6, 6.07) is 0. The van der Waals surface area contributed by atoms with Crippen molar-refractivity contribution in [1.82, 2.24) is 4.98 Å². The number of ketones is 1. The molecule has 1 aromatic rings. The Morgan fingerprint density at radius 2 is 2.10 bits per heavy atom. The van der Waals surface area contributed by atoms with Gasteiger partial charge in [0, 0.05) is 14.0 Å². The first-order valence-corrected chi connectivity index (χ1v) is 7.91. The molecule has 0 saturated heterocycles. The molecule has 0 radical (unpaired) electrons. The van der Waals surface area contributed by atoms with E-state index in [1.807, 2.05) is 0 Å². The van der Waals surface area contributed by atoms with E-state index < -0.39 is 11.6 Å². The summed E-state index contributed by atoms with van der Waals surface area (Å²) in [7, 11) is 2.96. The summed E-state index contributed by atoms with van der Waals surface area (Å²) >= 11 is 1.26. The quantitative estimate of drug-likeness (QED) is 0.631. The standard InChI is InChI=1S/C15H21NO4S/c1-9-6-5-7-15(8-9,20-4)14-16-11(13(18)19-3)12(21-14)10(2)17/h9H,5-8H2,1-4H3. The van der Waals surface area contributed by atoms with Crippen molar-refractivity contribution >= 4 is 23.1 Å². The van der Waals surface area contributed by atoms with E-state index in [2.05, 4.69) is 11.9 Å². The van der Waals surface area contributed by atoms with Crippen molar-refractivity contribution in [3.05, 3.63) is 15.6 Å². The number of hydrogen-bond acceptors (Lipinski definition) is 6. The molecular formula is C15H21NO4S. The fraction of sp³-hybridized carbons (Fsp3) is 0.667. The van der Waals surface area contributed by atoms with Crippen LogP contribution in [0.1, 0.15) is 64.7 Å². The highest BCUT2D eigenvalue weighted by Crippen LogP contribution is 2.44. The summed E-state index contributed by atoms with van der Waals surface area (Å²) in [6.45, 7) is 3.63. The summed E-state index contributed by atoms with van der Waals surface area (Å²) in [5.41, 5.74) is -0.377.